The summed E-state index contributed by atoms with van der Waals surface area (Å²) in [4.78, 5) is 24.0. The van der Waals surface area contributed by atoms with Gasteiger partial charge in [-0.3, -0.25) is 16.6 Å². The number of amides is 2. The number of hydrogen-bond donors (Lipinski definition) is 2. The molecule has 5 nitrogen and oxygen atoms in total. The van der Waals surface area contributed by atoms with E-state index in [0.717, 1.165) is 25.9 Å². The third kappa shape index (κ3) is 4.29. The molecule has 1 saturated heterocycles. The van der Waals surface area contributed by atoms with E-state index >= 15 is 0 Å². The molecule has 0 aromatic rings. The Balaban J connectivity index is 2.19. The molecule has 0 bridgehead atoms. The molecule has 15 heavy (non-hydrogen) atoms. The van der Waals surface area contributed by atoms with E-state index < -0.39 is 0 Å². The smallest absolute Gasteiger partial charge is 0.223 e. The van der Waals surface area contributed by atoms with E-state index in [0.29, 0.717) is 6.54 Å². The molecular formula is C10H18N3O2-. The van der Waals surface area contributed by atoms with Crippen LogP contribution in [0.1, 0.15) is 19.3 Å². The Bertz CT molecular complexity index is 235. The molecule has 1 heterocycles. The van der Waals surface area contributed by atoms with Crippen LogP contribution in [-0.2, 0) is 9.59 Å². The number of nitrogens with zero attached hydrogens (tertiary/aromatic N) is 1. The number of rotatable bonds is 4. The van der Waals surface area contributed by atoms with Gasteiger partial charge in [-0.1, -0.05) is 0 Å². The number of piperidine rings is 1. The van der Waals surface area contributed by atoms with E-state index in [1.54, 1.807) is 0 Å². The maximum atomic E-state index is 11.6. The number of primary amides is 1. The number of hydrogen-bond acceptors (Lipinski definition) is 3. The second-order valence-corrected chi connectivity index (χ2v) is 3.90. The van der Waals surface area contributed by atoms with E-state index in [4.69, 9.17) is 5.73 Å². The van der Waals surface area contributed by atoms with Gasteiger partial charge in [0.1, 0.15) is 0 Å². The van der Waals surface area contributed by atoms with Crippen LogP contribution >= 0.6 is 0 Å². The summed E-state index contributed by atoms with van der Waals surface area (Å²) in [5.74, 6) is -0.289. The zero-order valence-electron chi connectivity index (χ0n) is 8.87. The largest absolute Gasteiger partial charge is 0.459 e. The quantitative estimate of drug-likeness (QED) is 0.616. The summed E-state index contributed by atoms with van der Waals surface area (Å²) in [6.07, 6.45) is 1.89. The lowest BCUT2D eigenvalue weighted by atomic mass is 9.96. The van der Waals surface area contributed by atoms with Gasteiger partial charge in [0.05, 0.1) is 0 Å². The van der Waals surface area contributed by atoms with E-state index in [1.165, 1.54) is 0 Å². The summed E-state index contributed by atoms with van der Waals surface area (Å²) < 4.78 is 0. The first-order chi connectivity index (χ1) is 7.09. The van der Waals surface area contributed by atoms with E-state index in [2.05, 4.69) is 12.4 Å². The standard InChI is InChI=1S/C10H18N3O2/c1-13-6-3-8(4-7-13)10(15)12-5-2-9(11)14/h8H,1-7H2,(H2,11,14)(H,12,15)/q-1. The number of carbonyl (C=O) groups is 2. The summed E-state index contributed by atoms with van der Waals surface area (Å²) in [7, 11) is 3.82. The highest BCUT2D eigenvalue weighted by molar-refractivity contribution is 5.80. The summed E-state index contributed by atoms with van der Waals surface area (Å²) in [5, 5.41) is 2.72. The molecule has 0 unspecified atom stereocenters. The van der Waals surface area contributed by atoms with Crippen molar-refractivity contribution in [1.29, 1.82) is 0 Å². The van der Waals surface area contributed by atoms with Crippen LogP contribution in [0.3, 0.4) is 0 Å². The molecule has 5 heteroatoms. The molecule has 0 atom stereocenters. The van der Waals surface area contributed by atoms with Gasteiger partial charge in [-0.25, -0.2) is 0 Å². The Kier molecular flexibility index (Phi) is 4.55. The highest BCUT2D eigenvalue weighted by Gasteiger charge is 2.20. The van der Waals surface area contributed by atoms with Gasteiger partial charge in [-0.2, -0.15) is 0 Å². The third-order valence-corrected chi connectivity index (χ3v) is 2.63. The van der Waals surface area contributed by atoms with Crippen LogP contribution in [0.5, 0.6) is 0 Å². The van der Waals surface area contributed by atoms with Crippen molar-refractivity contribution in [3.8, 4) is 0 Å². The third-order valence-electron chi connectivity index (χ3n) is 2.63. The van der Waals surface area contributed by atoms with Crippen LogP contribution in [0, 0.1) is 13.0 Å². The Labute approximate surface area is 90.0 Å². The summed E-state index contributed by atoms with van der Waals surface area (Å²) in [6, 6.07) is 0. The van der Waals surface area contributed by atoms with Crippen molar-refractivity contribution < 1.29 is 9.59 Å². The molecule has 3 N–H and O–H groups in total. The lowest BCUT2D eigenvalue weighted by Gasteiger charge is -2.33. The molecule has 0 aromatic heterocycles. The van der Waals surface area contributed by atoms with Crippen molar-refractivity contribution in [2.24, 2.45) is 11.7 Å². The van der Waals surface area contributed by atoms with Crippen molar-refractivity contribution in [3.63, 3.8) is 0 Å². The highest BCUT2D eigenvalue weighted by Crippen LogP contribution is 2.16. The minimum Gasteiger partial charge on any atom is -0.459 e. The van der Waals surface area contributed by atoms with Crippen LogP contribution in [0.4, 0.5) is 0 Å². The van der Waals surface area contributed by atoms with Crippen LogP contribution in [0.2, 0.25) is 0 Å². The van der Waals surface area contributed by atoms with Gasteiger partial charge < -0.3 is 16.0 Å². The molecule has 1 aliphatic rings. The fourth-order valence-corrected chi connectivity index (χ4v) is 1.65. The van der Waals surface area contributed by atoms with Crippen molar-refractivity contribution in [1.82, 2.24) is 10.2 Å². The zero-order chi connectivity index (χ0) is 11.3. The molecule has 86 valence electrons. The lowest BCUT2D eigenvalue weighted by Crippen LogP contribution is -2.39. The van der Waals surface area contributed by atoms with Gasteiger partial charge in [0, 0.05) is 18.9 Å². The van der Waals surface area contributed by atoms with Gasteiger partial charge >= 0.3 is 0 Å². The predicted octanol–water partition coefficient (Wildman–Crippen LogP) is -0.518. The lowest BCUT2D eigenvalue weighted by molar-refractivity contribution is -0.126. The number of carbonyl (C=O) groups excluding carboxylic acids is 2. The molecule has 2 amide bonds. The van der Waals surface area contributed by atoms with Crippen molar-refractivity contribution in [3.05, 3.63) is 7.05 Å². The first-order valence-corrected chi connectivity index (χ1v) is 5.21. The number of likely N-dealkylation sites (tertiary alicyclic amines) is 1. The van der Waals surface area contributed by atoms with Gasteiger partial charge in [-0.15, -0.1) is 0 Å². The number of nitrogens with two attached hydrogens (primary N) is 1. The highest BCUT2D eigenvalue weighted by atomic mass is 16.2. The Morgan fingerprint density at radius 1 is 1.40 bits per heavy atom. The molecule has 1 fully saturated rings. The predicted molar refractivity (Wildman–Crippen MR) is 56.5 cm³/mol. The summed E-state index contributed by atoms with van der Waals surface area (Å²) >= 11 is 0. The first-order valence-electron chi connectivity index (χ1n) is 5.21. The maximum Gasteiger partial charge on any atom is 0.223 e. The minimum absolute atomic E-state index is 0.0318. The van der Waals surface area contributed by atoms with Crippen molar-refractivity contribution in [2.75, 3.05) is 19.6 Å². The second kappa shape index (κ2) is 5.70. The van der Waals surface area contributed by atoms with E-state index in [-0.39, 0.29) is 24.2 Å². The van der Waals surface area contributed by atoms with Gasteiger partial charge in [0.15, 0.2) is 0 Å². The Morgan fingerprint density at radius 2 is 2.00 bits per heavy atom. The molecule has 1 rings (SSSR count). The van der Waals surface area contributed by atoms with Crippen LogP contribution in [-0.4, -0.2) is 36.3 Å². The van der Waals surface area contributed by atoms with Crippen molar-refractivity contribution in [2.45, 2.75) is 19.3 Å². The van der Waals surface area contributed by atoms with Crippen LogP contribution in [0.25, 0.3) is 0 Å². The normalized spacial score (nSPS) is 18.7. The van der Waals surface area contributed by atoms with Gasteiger partial charge in [0.2, 0.25) is 11.8 Å². The zero-order valence-corrected chi connectivity index (χ0v) is 8.87. The monoisotopic (exact) mass is 212 g/mol. The van der Waals surface area contributed by atoms with Crippen LogP contribution in [0.15, 0.2) is 0 Å². The molecule has 0 aliphatic carbocycles. The van der Waals surface area contributed by atoms with Crippen molar-refractivity contribution >= 4 is 11.8 Å². The van der Waals surface area contributed by atoms with Gasteiger partial charge in [-0.05, 0) is 25.9 Å². The molecule has 0 radical (unpaired) electrons. The molecule has 0 saturated carbocycles. The average Bonchev–Trinajstić information content (AvgIpc) is 2.18. The van der Waals surface area contributed by atoms with E-state index in [9.17, 15) is 9.59 Å². The summed E-state index contributed by atoms with van der Waals surface area (Å²) in [6.45, 7) is 2.06. The first kappa shape index (κ1) is 12.0. The maximum absolute atomic E-state index is 11.6. The van der Waals surface area contributed by atoms with Gasteiger partial charge in [0.25, 0.3) is 0 Å². The topological polar surface area (TPSA) is 75.4 Å². The molecule has 0 spiro atoms. The fraction of sp³-hybridized carbons (Fsp3) is 0.700. The minimum atomic E-state index is -0.386. The van der Waals surface area contributed by atoms with Crippen LogP contribution < -0.4 is 11.1 Å². The number of nitrogens with one attached hydrogen (secondary N) is 1. The average molecular weight is 212 g/mol. The van der Waals surface area contributed by atoms with E-state index in [1.807, 2.05) is 4.90 Å². The SMILES string of the molecule is [CH2-]N1CCC(C(=O)NCCC(N)=O)CC1. The molecule has 0 aromatic carbocycles. The fourth-order valence-electron chi connectivity index (χ4n) is 1.65. The Morgan fingerprint density at radius 3 is 2.53 bits per heavy atom. The second-order valence-electron chi connectivity index (χ2n) is 3.90. The molecule has 1 aliphatic heterocycles. The summed E-state index contributed by atoms with van der Waals surface area (Å²) in [5.41, 5.74) is 4.97. The molecular weight excluding hydrogens is 194 g/mol. The Hall–Kier alpha value is -1.10.